The Kier molecular flexibility index (Phi) is 3.20. The van der Waals surface area contributed by atoms with Crippen molar-refractivity contribution in [2.24, 2.45) is 0 Å². The van der Waals surface area contributed by atoms with Gasteiger partial charge in [0.2, 0.25) is 0 Å². The number of halogens is 1. The minimum Gasteiger partial charge on any atom is -0.496 e. The molecule has 0 bridgehead atoms. The van der Waals surface area contributed by atoms with Crippen LogP contribution in [0.3, 0.4) is 0 Å². The molecular formula is C13H13ClN2O. The lowest BCUT2D eigenvalue weighted by Crippen LogP contribution is -1.98. The molecule has 0 fully saturated rings. The number of hydrogen-bond acceptors (Lipinski definition) is 3. The van der Waals surface area contributed by atoms with E-state index in [2.05, 4.69) is 4.98 Å². The summed E-state index contributed by atoms with van der Waals surface area (Å²) in [6.07, 6.45) is 1.69. The van der Waals surface area contributed by atoms with Gasteiger partial charge >= 0.3 is 0 Å². The number of nitrogens with two attached hydrogens (primary N) is 1. The number of aromatic nitrogens is 1. The average Bonchev–Trinajstić information content (AvgIpc) is 2.29. The molecule has 0 radical (unpaired) electrons. The molecule has 3 nitrogen and oxygen atoms in total. The number of nitrogen functional groups attached to an aromatic ring is 1. The zero-order chi connectivity index (χ0) is 12.4. The Morgan fingerprint density at radius 1 is 1.29 bits per heavy atom. The van der Waals surface area contributed by atoms with Crippen LogP contribution < -0.4 is 10.5 Å². The summed E-state index contributed by atoms with van der Waals surface area (Å²) < 4.78 is 5.32. The molecule has 17 heavy (non-hydrogen) atoms. The van der Waals surface area contributed by atoms with E-state index in [4.69, 9.17) is 22.1 Å². The van der Waals surface area contributed by atoms with Crippen LogP contribution in [0, 0.1) is 6.92 Å². The lowest BCUT2D eigenvalue weighted by atomic mass is 10.0. The number of benzene rings is 1. The molecule has 0 spiro atoms. The Labute approximate surface area is 105 Å². The molecule has 0 amide bonds. The van der Waals surface area contributed by atoms with Gasteiger partial charge in [-0.15, -0.1) is 0 Å². The highest BCUT2D eigenvalue weighted by Gasteiger charge is 2.12. The van der Waals surface area contributed by atoms with E-state index in [-0.39, 0.29) is 0 Å². The SMILES string of the molecule is COc1ccc(Cl)cc1-c1c(C)ccnc1N. The molecule has 4 heteroatoms. The lowest BCUT2D eigenvalue weighted by molar-refractivity contribution is 0.416. The molecule has 88 valence electrons. The van der Waals surface area contributed by atoms with Crippen molar-refractivity contribution in [1.29, 1.82) is 0 Å². The Bertz CT molecular complexity index is 535. The summed E-state index contributed by atoms with van der Waals surface area (Å²) in [6.45, 7) is 1.98. The highest BCUT2D eigenvalue weighted by Crippen LogP contribution is 2.36. The van der Waals surface area contributed by atoms with Gasteiger partial charge in [0.25, 0.3) is 0 Å². The summed E-state index contributed by atoms with van der Waals surface area (Å²) in [6, 6.07) is 7.35. The second kappa shape index (κ2) is 4.63. The smallest absolute Gasteiger partial charge is 0.131 e. The monoisotopic (exact) mass is 248 g/mol. The molecular weight excluding hydrogens is 236 g/mol. The van der Waals surface area contributed by atoms with Gasteiger partial charge in [0.1, 0.15) is 11.6 Å². The zero-order valence-electron chi connectivity index (χ0n) is 9.70. The molecule has 1 aromatic carbocycles. The Morgan fingerprint density at radius 2 is 2.06 bits per heavy atom. The molecule has 0 aliphatic heterocycles. The number of methoxy groups -OCH3 is 1. The fraction of sp³-hybridized carbons (Fsp3) is 0.154. The third-order valence-corrected chi connectivity index (χ3v) is 2.85. The van der Waals surface area contributed by atoms with Crippen molar-refractivity contribution in [1.82, 2.24) is 4.98 Å². The van der Waals surface area contributed by atoms with E-state index < -0.39 is 0 Å². The van der Waals surface area contributed by atoms with Crippen LogP contribution >= 0.6 is 11.6 Å². The zero-order valence-corrected chi connectivity index (χ0v) is 10.5. The largest absolute Gasteiger partial charge is 0.496 e. The third kappa shape index (κ3) is 2.19. The lowest BCUT2D eigenvalue weighted by Gasteiger charge is -2.13. The van der Waals surface area contributed by atoms with Gasteiger partial charge in [0, 0.05) is 22.3 Å². The van der Waals surface area contributed by atoms with Crippen molar-refractivity contribution < 1.29 is 4.74 Å². The summed E-state index contributed by atoms with van der Waals surface area (Å²) in [5.41, 5.74) is 8.69. The van der Waals surface area contributed by atoms with Crippen LogP contribution in [0.1, 0.15) is 5.56 Å². The van der Waals surface area contributed by atoms with Gasteiger partial charge in [-0.25, -0.2) is 4.98 Å². The van der Waals surface area contributed by atoms with Gasteiger partial charge in [0.05, 0.1) is 7.11 Å². The fourth-order valence-corrected chi connectivity index (χ4v) is 1.98. The van der Waals surface area contributed by atoms with Gasteiger partial charge in [0.15, 0.2) is 0 Å². The number of aryl methyl sites for hydroxylation is 1. The number of nitrogens with zero attached hydrogens (tertiary/aromatic N) is 1. The molecule has 1 heterocycles. The minimum absolute atomic E-state index is 0.477. The number of anilines is 1. The predicted molar refractivity (Wildman–Crippen MR) is 70.4 cm³/mol. The number of rotatable bonds is 2. The van der Waals surface area contributed by atoms with Gasteiger partial charge < -0.3 is 10.5 Å². The van der Waals surface area contributed by atoms with Gasteiger partial charge in [-0.3, -0.25) is 0 Å². The highest BCUT2D eigenvalue weighted by molar-refractivity contribution is 6.31. The minimum atomic E-state index is 0.477. The standard InChI is InChI=1S/C13H13ClN2O/c1-8-5-6-16-13(15)12(8)10-7-9(14)3-4-11(10)17-2/h3-7H,1-2H3,(H2,15,16). The molecule has 0 aliphatic carbocycles. The van der Waals surface area contributed by atoms with E-state index in [1.54, 1.807) is 19.4 Å². The first-order chi connectivity index (χ1) is 8.13. The van der Waals surface area contributed by atoms with Gasteiger partial charge in [-0.05, 0) is 36.8 Å². The molecule has 0 unspecified atom stereocenters. The number of pyridine rings is 1. The van der Waals surface area contributed by atoms with Gasteiger partial charge in [-0.1, -0.05) is 11.6 Å². The maximum Gasteiger partial charge on any atom is 0.131 e. The third-order valence-electron chi connectivity index (χ3n) is 2.62. The Hall–Kier alpha value is -1.74. The number of ether oxygens (including phenoxy) is 1. The van der Waals surface area contributed by atoms with Crippen molar-refractivity contribution >= 4 is 17.4 Å². The van der Waals surface area contributed by atoms with Gasteiger partial charge in [-0.2, -0.15) is 0 Å². The van der Waals surface area contributed by atoms with E-state index in [0.717, 1.165) is 22.4 Å². The van der Waals surface area contributed by atoms with Crippen LogP contribution in [0.25, 0.3) is 11.1 Å². The maximum atomic E-state index is 6.01. The van der Waals surface area contributed by atoms with E-state index in [1.807, 2.05) is 25.1 Å². The predicted octanol–water partition coefficient (Wildman–Crippen LogP) is 3.30. The van der Waals surface area contributed by atoms with Crippen LogP contribution in [-0.4, -0.2) is 12.1 Å². The van der Waals surface area contributed by atoms with Crippen LogP contribution in [0.4, 0.5) is 5.82 Å². The molecule has 0 saturated heterocycles. The summed E-state index contributed by atoms with van der Waals surface area (Å²) >= 11 is 6.01. The van der Waals surface area contributed by atoms with Crippen molar-refractivity contribution in [2.75, 3.05) is 12.8 Å². The molecule has 0 atom stereocenters. The van der Waals surface area contributed by atoms with E-state index in [0.29, 0.717) is 10.8 Å². The fourth-order valence-electron chi connectivity index (χ4n) is 1.81. The summed E-state index contributed by atoms with van der Waals surface area (Å²) in [5, 5.41) is 0.642. The molecule has 0 aliphatic rings. The van der Waals surface area contributed by atoms with Crippen molar-refractivity contribution in [3.8, 4) is 16.9 Å². The first kappa shape index (κ1) is 11.7. The van der Waals surface area contributed by atoms with Crippen LogP contribution in [0.5, 0.6) is 5.75 Å². The van der Waals surface area contributed by atoms with Crippen LogP contribution in [0.2, 0.25) is 5.02 Å². The highest BCUT2D eigenvalue weighted by atomic mass is 35.5. The summed E-state index contributed by atoms with van der Waals surface area (Å²) in [7, 11) is 1.62. The second-order valence-corrected chi connectivity index (χ2v) is 4.17. The van der Waals surface area contributed by atoms with E-state index >= 15 is 0 Å². The molecule has 2 rings (SSSR count). The topological polar surface area (TPSA) is 48.1 Å². The molecule has 2 N–H and O–H groups in total. The van der Waals surface area contributed by atoms with Crippen molar-refractivity contribution in [3.63, 3.8) is 0 Å². The second-order valence-electron chi connectivity index (χ2n) is 3.73. The van der Waals surface area contributed by atoms with E-state index in [9.17, 15) is 0 Å². The van der Waals surface area contributed by atoms with E-state index in [1.165, 1.54) is 0 Å². The molecule has 2 aromatic rings. The van der Waals surface area contributed by atoms with Crippen LogP contribution in [-0.2, 0) is 0 Å². The average molecular weight is 249 g/mol. The number of hydrogen-bond donors (Lipinski definition) is 1. The molecule has 1 aromatic heterocycles. The van der Waals surface area contributed by atoms with Crippen molar-refractivity contribution in [2.45, 2.75) is 6.92 Å². The maximum absolute atomic E-state index is 6.01. The summed E-state index contributed by atoms with van der Waals surface area (Å²) in [5.74, 6) is 1.21. The Morgan fingerprint density at radius 3 is 2.71 bits per heavy atom. The summed E-state index contributed by atoms with van der Waals surface area (Å²) in [4.78, 5) is 4.10. The van der Waals surface area contributed by atoms with Crippen LogP contribution in [0.15, 0.2) is 30.5 Å². The first-order valence-corrected chi connectivity index (χ1v) is 5.56. The van der Waals surface area contributed by atoms with Crippen molar-refractivity contribution in [3.05, 3.63) is 41.0 Å². The normalized spacial score (nSPS) is 10.3. The quantitative estimate of drug-likeness (QED) is 0.887. The first-order valence-electron chi connectivity index (χ1n) is 5.18. The Balaban J connectivity index is 2.71. The molecule has 0 saturated carbocycles.